The van der Waals surface area contributed by atoms with E-state index in [0.717, 1.165) is 17.7 Å². The summed E-state index contributed by atoms with van der Waals surface area (Å²) < 4.78 is 72.2. The smallest absolute Gasteiger partial charge is 0.418 e. The number of amides is 1. The number of anilines is 2. The number of carbonyl (C=O) groups excluding carboxylic acids is 1. The van der Waals surface area contributed by atoms with Crippen LogP contribution >= 0.6 is 0 Å². The van der Waals surface area contributed by atoms with Crippen molar-refractivity contribution < 1.29 is 41.0 Å². The summed E-state index contributed by atoms with van der Waals surface area (Å²) in [6.45, 7) is 3.55. The van der Waals surface area contributed by atoms with Gasteiger partial charge in [-0.2, -0.15) is 13.2 Å². The van der Waals surface area contributed by atoms with Crippen LogP contribution in [0.4, 0.5) is 24.5 Å². The Morgan fingerprint density at radius 1 is 1.00 bits per heavy atom. The van der Waals surface area contributed by atoms with Gasteiger partial charge in [-0.3, -0.25) is 9.59 Å². The maximum Gasteiger partial charge on any atom is 0.418 e. The van der Waals surface area contributed by atoms with E-state index in [1.165, 1.54) is 4.90 Å². The zero-order chi connectivity index (χ0) is 30.7. The number of hydrogen-bond donors (Lipinski definition) is 2. The lowest BCUT2D eigenvalue weighted by Gasteiger charge is -2.31. The molecule has 8 nitrogen and oxygen atoms in total. The Hall–Kier alpha value is -4.06. The van der Waals surface area contributed by atoms with E-state index in [0.29, 0.717) is 29.9 Å². The highest BCUT2D eigenvalue weighted by molar-refractivity contribution is 7.91. The number of alkyl halides is 3. The molecule has 42 heavy (non-hydrogen) atoms. The van der Waals surface area contributed by atoms with Crippen molar-refractivity contribution >= 4 is 33.1 Å². The van der Waals surface area contributed by atoms with Crippen molar-refractivity contribution in [1.82, 2.24) is 0 Å². The molecule has 3 aromatic carbocycles. The minimum absolute atomic E-state index is 0.0259. The molecule has 224 valence electrons. The Labute approximate surface area is 242 Å². The highest BCUT2D eigenvalue weighted by Crippen LogP contribution is 2.40. The maximum absolute atomic E-state index is 14.2. The molecule has 1 heterocycles. The average Bonchev–Trinajstić information content (AvgIpc) is 2.88. The number of ether oxygens (including phenoxy) is 1. The second kappa shape index (κ2) is 12.4. The molecule has 0 aromatic heterocycles. The van der Waals surface area contributed by atoms with Crippen LogP contribution < -0.4 is 15.0 Å². The van der Waals surface area contributed by atoms with Gasteiger partial charge in [0.1, 0.15) is 5.75 Å². The molecule has 0 bridgehead atoms. The fourth-order valence-corrected chi connectivity index (χ4v) is 6.21. The van der Waals surface area contributed by atoms with E-state index in [1.54, 1.807) is 26.0 Å². The quantitative estimate of drug-likeness (QED) is 0.351. The molecular weight excluding hydrogens is 573 g/mol. The highest BCUT2D eigenvalue weighted by Gasteiger charge is 2.37. The van der Waals surface area contributed by atoms with Crippen LogP contribution in [-0.2, 0) is 33.6 Å². The lowest BCUT2D eigenvalue weighted by atomic mass is 9.99. The first-order valence-corrected chi connectivity index (χ1v) is 15.1. The first kappa shape index (κ1) is 30.9. The second-order valence-electron chi connectivity index (χ2n) is 10.2. The minimum atomic E-state index is -4.89. The van der Waals surface area contributed by atoms with Crippen LogP contribution in [-0.4, -0.2) is 56.6 Å². The van der Waals surface area contributed by atoms with Crippen LogP contribution in [0.5, 0.6) is 5.75 Å². The molecular formula is C30H31F3N2O6S. The molecule has 0 aliphatic carbocycles. The third kappa shape index (κ3) is 7.61. The van der Waals surface area contributed by atoms with Crippen LogP contribution in [0.15, 0.2) is 54.6 Å². The molecule has 0 saturated carbocycles. The SMILES string of the molecule is Cc1cc(OCCc2ccccc2)cc(C)c1C(=O)Nc1cc(CC(=O)O)c(N2CCS(=O)(=O)CC2)cc1C(F)(F)F. The van der Waals surface area contributed by atoms with Gasteiger partial charge in [0.15, 0.2) is 9.84 Å². The summed E-state index contributed by atoms with van der Waals surface area (Å²) in [4.78, 5) is 26.3. The standard InChI is InChI=1S/C30H31F3N2O6S/c1-19-14-23(41-11-8-21-6-4-3-5-7-21)15-20(2)28(19)29(38)34-25-16-22(17-27(36)37)26(18-24(25)30(31,32)33)35-9-12-42(39,40)13-10-35/h3-7,14-16,18H,8-13,17H2,1-2H3,(H,34,38)(H,36,37). The van der Waals surface area contributed by atoms with E-state index >= 15 is 0 Å². The van der Waals surface area contributed by atoms with Crippen molar-refractivity contribution in [2.45, 2.75) is 32.9 Å². The molecule has 0 radical (unpaired) electrons. The largest absolute Gasteiger partial charge is 0.493 e. The number of halogens is 3. The molecule has 0 spiro atoms. The van der Waals surface area contributed by atoms with Crippen LogP contribution in [0.1, 0.15) is 38.2 Å². The predicted octanol–water partition coefficient (Wildman–Crippen LogP) is 5.06. The summed E-state index contributed by atoms with van der Waals surface area (Å²) in [6, 6.07) is 14.8. The number of nitrogens with one attached hydrogen (secondary N) is 1. The Morgan fingerprint density at radius 2 is 1.62 bits per heavy atom. The van der Waals surface area contributed by atoms with Gasteiger partial charge in [-0.1, -0.05) is 30.3 Å². The lowest BCUT2D eigenvalue weighted by Crippen LogP contribution is -2.41. The molecule has 1 saturated heterocycles. The number of benzene rings is 3. The van der Waals surface area contributed by atoms with Gasteiger partial charge in [-0.15, -0.1) is 0 Å². The maximum atomic E-state index is 14.2. The number of rotatable bonds is 9. The molecule has 1 amide bonds. The first-order chi connectivity index (χ1) is 19.7. The van der Waals surface area contributed by atoms with E-state index in [-0.39, 0.29) is 41.4 Å². The van der Waals surface area contributed by atoms with Crippen LogP contribution in [0.25, 0.3) is 0 Å². The molecule has 3 aromatic rings. The topological polar surface area (TPSA) is 113 Å². The Bertz CT molecular complexity index is 1550. The van der Waals surface area contributed by atoms with Gasteiger partial charge >= 0.3 is 12.1 Å². The predicted molar refractivity (Wildman–Crippen MR) is 153 cm³/mol. The van der Waals surface area contributed by atoms with Crippen LogP contribution in [0.3, 0.4) is 0 Å². The average molecular weight is 605 g/mol. The van der Waals surface area contributed by atoms with E-state index in [2.05, 4.69) is 5.32 Å². The molecule has 2 N–H and O–H groups in total. The number of nitrogens with zero attached hydrogens (tertiary/aromatic N) is 1. The summed E-state index contributed by atoms with van der Waals surface area (Å²) in [5.41, 5.74) is 0.511. The monoisotopic (exact) mass is 604 g/mol. The van der Waals surface area contributed by atoms with Crippen molar-refractivity contribution in [1.29, 1.82) is 0 Å². The molecule has 1 fully saturated rings. The van der Waals surface area contributed by atoms with E-state index in [1.807, 2.05) is 30.3 Å². The number of sulfone groups is 1. The summed E-state index contributed by atoms with van der Waals surface area (Å²) in [6.07, 6.45) is -4.84. The van der Waals surface area contributed by atoms with E-state index < -0.39 is 45.6 Å². The summed E-state index contributed by atoms with van der Waals surface area (Å²) >= 11 is 0. The molecule has 12 heteroatoms. The Balaban J connectivity index is 1.61. The van der Waals surface area contributed by atoms with E-state index in [9.17, 15) is 36.3 Å². The number of aryl methyl sites for hydroxylation is 2. The van der Waals surface area contributed by atoms with Gasteiger partial charge in [-0.25, -0.2) is 8.42 Å². The fraction of sp³-hybridized carbons (Fsp3) is 0.333. The number of carboxylic acids is 1. The summed E-state index contributed by atoms with van der Waals surface area (Å²) in [5.74, 6) is -2.07. The summed E-state index contributed by atoms with van der Waals surface area (Å²) in [5, 5.41) is 11.8. The van der Waals surface area contributed by atoms with Gasteiger partial charge in [0.05, 0.1) is 35.8 Å². The Kier molecular flexibility index (Phi) is 9.15. The number of carboxylic acid groups (broad SMARTS) is 1. The molecule has 0 atom stereocenters. The van der Waals surface area contributed by atoms with Crippen molar-refractivity contribution in [2.75, 3.05) is 41.4 Å². The Morgan fingerprint density at radius 3 is 2.19 bits per heavy atom. The normalized spacial score (nSPS) is 14.8. The van der Waals surface area contributed by atoms with Gasteiger partial charge in [0, 0.05) is 30.8 Å². The molecule has 0 unspecified atom stereocenters. The zero-order valence-electron chi connectivity index (χ0n) is 23.1. The van der Waals surface area contributed by atoms with Crippen molar-refractivity contribution in [3.8, 4) is 5.75 Å². The second-order valence-corrected chi connectivity index (χ2v) is 12.5. The fourth-order valence-electron chi connectivity index (χ4n) is 5.00. The number of aliphatic carboxylic acids is 1. The minimum Gasteiger partial charge on any atom is -0.493 e. The first-order valence-electron chi connectivity index (χ1n) is 13.2. The van der Waals surface area contributed by atoms with E-state index in [4.69, 9.17) is 4.74 Å². The van der Waals surface area contributed by atoms with Crippen molar-refractivity contribution in [3.05, 3.63) is 88.0 Å². The van der Waals surface area contributed by atoms with Crippen LogP contribution in [0.2, 0.25) is 0 Å². The van der Waals surface area contributed by atoms with Crippen molar-refractivity contribution in [3.63, 3.8) is 0 Å². The number of carbonyl (C=O) groups is 2. The number of hydrogen-bond acceptors (Lipinski definition) is 6. The van der Waals surface area contributed by atoms with Gasteiger partial charge in [-0.05, 0) is 60.4 Å². The molecule has 4 rings (SSSR count). The van der Waals surface area contributed by atoms with Gasteiger partial charge in [0.2, 0.25) is 0 Å². The lowest BCUT2D eigenvalue weighted by molar-refractivity contribution is -0.137. The van der Waals surface area contributed by atoms with Crippen molar-refractivity contribution in [2.24, 2.45) is 0 Å². The highest BCUT2D eigenvalue weighted by atomic mass is 32.2. The third-order valence-corrected chi connectivity index (χ3v) is 8.64. The summed E-state index contributed by atoms with van der Waals surface area (Å²) in [7, 11) is -3.33. The zero-order valence-corrected chi connectivity index (χ0v) is 23.9. The van der Waals surface area contributed by atoms with Gasteiger partial charge < -0.3 is 20.1 Å². The van der Waals surface area contributed by atoms with Crippen LogP contribution in [0, 0.1) is 13.8 Å². The third-order valence-electron chi connectivity index (χ3n) is 7.03. The van der Waals surface area contributed by atoms with Gasteiger partial charge in [0.25, 0.3) is 5.91 Å². The molecule has 1 aliphatic heterocycles. The molecule has 1 aliphatic rings.